The smallest absolute Gasteiger partial charge is 0.293 e. The fourth-order valence-corrected chi connectivity index (χ4v) is 1.94. The van der Waals surface area contributed by atoms with E-state index in [1.807, 2.05) is 0 Å². The number of aromatic nitrogens is 4. The van der Waals surface area contributed by atoms with Crippen LogP contribution in [-0.2, 0) is 0 Å². The van der Waals surface area contributed by atoms with Crippen LogP contribution >= 0.6 is 0 Å². The minimum atomic E-state index is -0.339. The molecular formula is C8H13N5O2. The van der Waals surface area contributed by atoms with Crippen molar-refractivity contribution in [2.75, 3.05) is 6.61 Å². The van der Waals surface area contributed by atoms with Crippen LogP contribution in [-0.4, -0.2) is 44.3 Å². The van der Waals surface area contributed by atoms with Crippen LogP contribution in [0.2, 0.25) is 0 Å². The van der Waals surface area contributed by atoms with Gasteiger partial charge in [-0.2, -0.15) is 5.21 Å². The highest BCUT2D eigenvalue weighted by Gasteiger charge is 2.28. The predicted octanol–water partition coefficient (Wildman–Crippen LogP) is -0.910. The van der Waals surface area contributed by atoms with Crippen molar-refractivity contribution in [2.24, 2.45) is 5.92 Å². The molecule has 1 aromatic heterocycles. The van der Waals surface area contributed by atoms with Gasteiger partial charge in [-0.15, -0.1) is 10.2 Å². The van der Waals surface area contributed by atoms with Crippen molar-refractivity contribution >= 4 is 5.91 Å². The third kappa shape index (κ3) is 2.12. The molecule has 0 radical (unpaired) electrons. The number of hydrogen-bond acceptors (Lipinski definition) is 5. The molecule has 1 fully saturated rings. The maximum absolute atomic E-state index is 11.5. The lowest BCUT2D eigenvalue weighted by atomic mass is 10.1. The van der Waals surface area contributed by atoms with E-state index in [0.29, 0.717) is 0 Å². The first kappa shape index (κ1) is 10.0. The summed E-state index contributed by atoms with van der Waals surface area (Å²) in [4.78, 5) is 11.5. The van der Waals surface area contributed by atoms with E-state index in [1.165, 1.54) is 0 Å². The first-order chi connectivity index (χ1) is 7.31. The number of aliphatic hydroxyl groups is 1. The number of tetrazole rings is 1. The summed E-state index contributed by atoms with van der Waals surface area (Å²) in [7, 11) is 0. The Balaban J connectivity index is 1.94. The minimum Gasteiger partial charge on any atom is -0.396 e. The molecular weight excluding hydrogens is 198 g/mol. The SMILES string of the molecule is O=C(NC1CCCC1CO)c1nn[nH]n1. The Morgan fingerprint density at radius 1 is 1.60 bits per heavy atom. The molecule has 0 aliphatic heterocycles. The van der Waals surface area contributed by atoms with Crippen LogP contribution in [0.25, 0.3) is 0 Å². The number of hydrogen-bond donors (Lipinski definition) is 3. The second-order valence-corrected chi connectivity index (χ2v) is 3.69. The second-order valence-electron chi connectivity index (χ2n) is 3.69. The van der Waals surface area contributed by atoms with Gasteiger partial charge in [0.05, 0.1) is 0 Å². The number of aliphatic hydroxyl groups excluding tert-OH is 1. The van der Waals surface area contributed by atoms with Gasteiger partial charge >= 0.3 is 0 Å². The lowest BCUT2D eigenvalue weighted by molar-refractivity contribution is 0.0905. The van der Waals surface area contributed by atoms with Crippen LogP contribution in [0.5, 0.6) is 0 Å². The lowest BCUT2D eigenvalue weighted by Crippen LogP contribution is -2.39. The van der Waals surface area contributed by atoms with Gasteiger partial charge in [-0.3, -0.25) is 4.79 Å². The van der Waals surface area contributed by atoms with Gasteiger partial charge in [0, 0.05) is 18.6 Å². The molecule has 2 rings (SSSR count). The van der Waals surface area contributed by atoms with Gasteiger partial charge < -0.3 is 10.4 Å². The number of aromatic amines is 1. The average molecular weight is 211 g/mol. The number of carbonyl (C=O) groups is 1. The molecule has 3 N–H and O–H groups in total. The molecule has 7 nitrogen and oxygen atoms in total. The molecule has 2 atom stereocenters. The van der Waals surface area contributed by atoms with Gasteiger partial charge in [-0.1, -0.05) is 6.42 Å². The largest absolute Gasteiger partial charge is 0.396 e. The molecule has 2 unspecified atom stereocenters. The summed E-state index contributed by atoms with van der Waals surface area (Å²) in [6.07, 6.45) is 2.88. The van der Waals surface area contributed by atoms with Gasteiger partial charge in [-0.05, 0) is 18.1 Å². The highest BCUT2D eigenvalue weighted by atomic mass is 16.3. The summed E-state index contributed by atoms with van der Waals surface area (Å²) < 4.78 is 0. The third-order valence-electron chi connectivity index (χ3n) is 2.76. The van der Waals surface area contributed by atoms with E-state index in [1.54, 1.807) is 0 Å². The maximum Gasteiger partial charge on any atom is 0.293 e. The Morgan fingerprint density at radius 3 is 3.13 bits per heavy atom. The van der Waals surface area contributed by atoms with Gasteiger partial charge in [0.15, 0.2) is 0 Å². The Bertz CT molecular complexity index is 326. The van der Waals surface area contributed by atoms with E-state index in [4.69, 9.17) is 5.11 Å². The molecule has 1 heterocycles. The molecule has 0 bridgehead atoms. The van der Waals surface area contributed by atoms with E-state index in [-0.39, 0.29) is 30.3 Å². The quantitative estimate of drug-likeness (QED) is 0.600. The van der Waals surface area contributed by atoms with Crippen LogP contribution < -0.4 is 5.32 Å². The van der Waals surface area contributed by atoms with Crippen LogP contribution in [0, 0.1) is 5.92 Å². The standard InChI is InChI=1S/C8H13N5O2/c14-4-5-2-1-3-6(5)9-8(15)7-10-12-13-11-7/h5-6,14H,1-4H2,(H,9,15)(H,10,11,12,13). The second kappa shape index (κ2) is 4.35. The molecule has 7 heteroatoms. The van der Waals surface area contributed by atoms with Gasteiger partial charge in [0.1, 0.15) is 0 Å². The summed E-state index contributed by atoms with van der Waals surface area (Å²) in [5.74, 6) is -0.145. The highest BCUT2D eigenvalue weighted by Crippen LogP contribution is 2.25. The first-order valence-electron chi connectivity index (χ1n) is 4.96. The van der Waals surface area contributed by atoms with E-state index in [9.17, 15) is 4.79 Å². The number of carbonyl (C=O) groups excluding carboxylic acids is 1. The zero-order valence-corrected chi connectivity index (χ0v) is 8.18. The van der Waals surface area contributed by atoms with Crippen LogP contribution in [0.1, 0.15) is 29.9 Å². The Labute approximate surface area is 86.3 Å². The van der Waals surface area contributed by atoms with E-state index >= 15 is 0 Å². The fourth-order valence-electron chi connectivity index (χ4n) is 1.94. The summed E-state index contributed by atoms with van der Waals surface area (Å²) in [6, 6.07) is 0.0287. The minimum absolute atomic E-state index is 0.0287. The van der Waals surface area contributed by atoms with Gasteiger partial charge in [0.2, 0.25) is 0 Å². The van der Waals surface area contributed by atoms with E-state index < -0.39 is 0 Å². The van der Waals surface area contributed by atoms with Crippen molar-refractivity contribution < 1.29 is 9.90 Å². The van der Waals surface area contributed by atoms with Crippen molar-refractivity contribution in [1.29, 1.82) is 0 Å². The normalized spacial score (nSPS) is 25.4. The molecule has 1 aromatic rings. The maximum atomic E-state index is 11.5. The molecule has 1 amide bonds. The molecule has 0 aromatic carbocycles. The van der Waals surface area contributed by atoms with Gasteiger partial charge in [0.25, 0.3) is 11.7 Å². The molecule has 1 aliphatic rings. The van der Waals surface area contributed by atoms with Crippen molar-refractivity contribution in [3.8, 4) is 0 Å². The van der Waals surface area contributed by atoms with Crippen LogP contribution in [0.4, 0.5) is 0 Å². The fraction of sp³-hybridized carbons (Fsp3) is 0.750. The zero-order valence-electron chi connectivity index (χ0n) is 8.18. The number of amides is 1. The number of H-pyrrole nitrogens is 1. The summed E-state index contributed by atoms with van der Waals surface area (Å²) in [5.41, 5.74) is 0. The van der Waals surface area contributed by atoms with Crippen molar-refractivity contribution in [1.82, 2.24) is 25.9 Å². The van der Waals surface area contributed by atoms with E-state index in [0.717, 1.165) is 19.3 Å². The lowest BCUT2D eigenvalue weighted by Gasteiger charge is -2.17. The topological polar surface area (TPSA) is 104 Å². The van der Waals surface area contributed by atoms with Crippen LogP contribution in [0.3, 0.4) is 0 Å². The summed E-state index contributed by atoms with van der Waals surface area (Å²) in [5, 5.41) is 24.6. The van der Waals surface area contributed by atoms with E-state index in [2.05, 4.69) is 25.9 Å². The summed E-state index contributed by atoms with van der Waals surface area (Å²) >= 11 is 0. The molecule has 82 valence electrons. The van der Waals surface area contributed by atoms with Crippen molar-refractivity contribution in [3.63, 3.8) is 0 Å². The molecule has 15 heavy (non-hydrogen) atoms. The molecule has 1 aliphatic carbocycles. The molecule has 1 saturated carbocycles. The first-order valence-corrected chi connectivity index (χ1v) is 4.96. The number of nitrogens with zero attached hydrogens (tertiary/aromatic N) is 3. The Kier molecular flexibility index (Phi) is 2.91. The number of nitrogens with one attached hydrogen (secondary N) is 2. The Morgan fingerprint density at radius 2 is 2.47 bits per heavy atom. The zero-order chi connectivity index (χ0) is 10.7. The third-order valence-corrected chi connectivity index (χ3v) is 2.76. The van der Waals surface area contributed by atoms with Crippen molar-refractivity contribution in [2.45, 2.75) is 25.3 Å². The molecule has 0 saturated heterocycles. The van der Waals surface area contributed by atoms with Crippen molar-refractivity contribution in [3.05, 3.63) is 5.82 Å². The van der Waals surface area contributed by atoms with Crippen LogP contribution in [0.15, 0.2) is 0 Å². The Hall–Kier alpha value is -1.50. The molecule has 0 spiro atoms. The van der Waals surface area contributed by atoms with Gasteiger partial charge in [-0.25, -0.2) is 0 Å². The predicted molar refractivity (Wildman–Crippen MR) is 49.9 cm³/mol. The number of rotatable bonds is 3. The average Bonchev–Trinajstić information content (AvgIpc) is 2.87. The summed E-state index contributed by atoms with van der Waals surface area (Å²) in [6.45, 7) is 0.108. The monoisotopic (exact) mass is 211 g/mol. The highest BCUT2D eigenvalue weighted by molar-refractivity contribution is 5.90.